The van der Waals surface area contributed by atoms with Crippen molar-refractivity contribution in [3.05, 3.63) is 51.7 Å². The summed E-state index contributed by atoms with van der Waals surface area (Å²) in [5.74, 6) is -1.07. The molecule has 7 nitrogen and oxygen atoms in total. The number of hydrogen-bond acceptors (Lipinski definition) is 5. The van der Waals surface area contributed by atoms with Crippen LogP contribution in [0.5, 0.6) is 0 Å². The number of nitrogens with zero attached hydrogens (tertiary/aromatic N) is 3. The fraction of sp³-hybridized carbons (Fsp3) is 0. The number of nitro groups is 1. The molecule has 100 valence electrons. The predicted octanol–water partition coefficient (Wildman–Crippen LogP) is 2.67. The molecule has 0 bridgehead atoms. The molecule has 0 aliphatic rings. The first kappa shape index (κ1) is 12.3. The molecule has 1 N–H and O–H groups in total. The Morgan fingerprint density at radius 2 is 2.15 bits per heavy atom. The van der Waals surface area contributed by atoms with Crippen LogP contribution >= 0.6 is 11.3 Å². The van der Waals surface area contributed by atoms with E-state index in [4.69, 9.17) is 5.11 Å². The number of benzene rings is 1. The molecule has 8 heteroatoms. The highest BCUT2D eigenvalue weighted by atomic mass is 32.1. The lowest BCUT2D eigenvalue weighted by molar-refractivity contribution is -0.384. The number of carboxylic acid groups (broad SMARTS) is 1. The van der Waals surface area contributed by atoms with E-state index in [2.05, 4.69) is 4.98 Å². The highest BCUT2D eigenvalue weighted by Gasteiger charge is 2.19. The molecule has 0 radical (unpaired) electrons. The van der Waals surface area contributed by atoms with E-state index in [1.54, 1.807) is 18.2 Å². The van der Waals surface area contributed by atoms with Crippen molar-refractivity contribution >= 4 is 28.0 Å². The van der Waals surface area contributed by atoms with Crippen molar-refractivity contribution in [3.63, 3.8) is 0 Å². The Kier molecular flexibility index (Phi) is 2.72. The predicted molar refractivity (Wildman–Crippen MR) is 72.1 cm³/mol. The van der Waals surface area contributed by atoms with Crippen LogP contribution in [0, 0.1) is 10.1 Å². The van der Waals surface area contributed by atoms with E-state index in [0.717, 1.165) is 0 Å². The van der Waals surface area contributed by atoms with Gasteiger partial charge in [-0.2, -0.15) is 0 Å². The van der Waals surface area contributed by atoms with Crippen molar-refractivity contribution in [2.75, 3.05) is 0 Å². The second kappa shape index (κ2) is 4.42. The summed E-state index contributed by atoms with van der Waals surface area (Å²) in [4.78, 5) is 26.3. The minimum Gasteiger partial charge on any atom is -0.477 e. The monoisotopic (exact) mass is 289 g/mol. The minimum atomic E-state index is -1.07. The van der Waals surface area contributed by atoms with Crippen LogP contribution in [-0.4, -0.2) is 25.4 Å². The van der Waals surface area contributed by atoms with Gasteiger partial charge < -0.3 is 5.11 Å². The van der Waals surface area contributed by atoms with Crippen molar-refractivity contribution in [3.8, 4) is 11.3 Å². The van der Waals surface area contributed by atoms with Crippen molar-refractivity contribution in [1.82, 2.24) is 9.38 Å². The van der Waals surface area contributed by atoms with Gasteiger partial charge in [0.15, 0.2) is 4.96 Å². The summed E-state index contributed by atoms with van der Waals surface area (Å²) in [5, 5.41) is 21.5. The van der Waals surface area contributed by atoms with Gasteiger partial charge in [-0.1, -0.05) is 12.1 Å². The molecule has 0 saturated heterocycles. The molecular weight excluding hydrogens is 282 g/mol. The fourth-order valence-electron chi connectivity index (χ4n) is 1.92. The smallest absolute Gasteiger partial charge is 0.353 e. The van der Waals surface area contributed by atoms with E-state index in [-0.39, 0.29) is 11.4 Å². The maximum atomic E-state index is 11.0. The summed E-state index contributed by atoms with van der Waals surface area (Å²) in [6, 6.07) is 6.22. The van der Waals surface area contributed by atoms with Crippen LogP contribution < -0.4 is 0 Å². The molecule has 1 aromatic carbocycles. The standard InChI is InChI=1S/C12H7N3O4S/c16-11(17)10-6-20-12-13-8(5-14(10)12)7-3-1-2-4-9(7)15(18)19/h1-6H,(H,16,17). The molecule has 2 aromatic heterocycles. The lowest BCUT2D eigenvalue weighted by Crippen LogP contribution is -1.99. The molecular formula is C12H7N3O4S. The zero-order chi connectivity index (χ0) is 14.3. The average Bonchev–Trinajstić information content (AvgIpc) is 2.97. The summed E-state index contributed by atoms with van der Waals surface area (Å²) in [6.45, 7) is 0. The van der Waals surface area contributed by atoms with Gasteiger partial charge in [0.25, 0.3) is 5.69 Å². The van der Waals surface area contributed by atoms with Gasteiger partial charge in [-0.25, -0.2) is 9.78 Å². The van der Waals surface area contributed by atoms with Crippen molar-refractivity contribution in [2.24, 2.45) is 0 Å². The van der Waals surface area contributed by atoms with Crippen LogP contribution in [0.4, 0.5) is 5.69 Å². The van der Waals surface area contributed by atoms with Gasteiger partial charge in [-0.15, -0.1) is 11.3 Å². The summed E-state index contributed by atoms with van der Waals surface area (Å²) in [6.07, 6.45) is 1.50. The number of rotatable bonds is 3. The Bertz CT molecular complexity index is 836. The molecule has 3 rings (SSSR count). The zero-order valence-electron chi connectivity index (χ0n) is 9.89. The number of aromatic carboxylic acids is 1. The number of nitro benzene ring substituents is 1. The van der Waals surface area contributed by atoms with Crippen LogP contribution in [-0.2, 0) is 0 Å². The summed E-state index contributed by atoms with van der Waals surface area (Å²) in [5.41, 5.74) is 0.772. The van der Waals surface area contributed by atoms with Gasteiger partial charge >= 0.3 is 5.97 Å². The lowest BCUT2D eigenvalue weighted by atomic mass is 10.1. The number of para-hydroxylation sites is 1. The molecule has 0 saturated carbocycles. The topological polar surface area (TPSA) is 97.7 Å². The largest absolute Gasteiger partial charge is 0.477 e. The second-order valence-electron chi connectivity index (χ2n) is 3.98. The van der Waals surface area contributed by atoms with Crippen molar-refractivity contribution in [2.45, 2.75) is 0 Å². The van der Waals surface area contributed by atoms with Gasteiger partial charge in [-0.3, -0.25) is 14.5 Å². The van der Waals surface area contributed by atoms with Crippen LogP contribution in [0.1, 0.15) is 10.5 Å². The normalized spacial score (nSPS) is 10.8. The average molecular weight is 289 g/mol. The van der Waals surface area contributed by atoms with Crippen LogP contribution in [0.25, 0.3) is 16.2 Å². The number of imidazole rings is 1. The van der Waals surface area contributed by atoms with Gasteiger partial charge in [0.05, 0.1) is 16.2 Å². The van der Waals surface area contributed by atoms with Gasteiger partial charge in [0.2, 0.25) is 0 Å². The number of fused-ring (bicyclic) bond motifs is 1. The molecule has 0 amide bonds. The molecule has 0 fully saturated rings. The van der Waals surface area contributed by atoms with Gasteiger partial charge in [0.1, 0.15) is 5.69 Å². The molecule has 0 atom stereocenters. The third kappa shape index (κ3) is 1.82. The zero-order valence-corrected chi connectivity index (χ0v) is 10.7. The quantitative estimate of drug-likeness (QED) is 0.590. The first-order valence-electron chi connectivity index (χ1n) is 5.51. The highest BCUT2D eigenvalue weighted by molar-refractivity contribution is 7.15. The summed E-state index contributed by atoms with van der Waals surface area (Å²) in [7, 11) is 0. The number of thiazole rings is 1. The third-order valence-corrected chi connectivity index (χ3v) is 3.64. The fourth-order valence-corrected chi connectivity index (χ4v) is 2.76. The van der Waals surface area contributed by atoms with E-state index < -0.39 is 10.9 Å². The molecule has 20 heavy (non-hydrogen) atoms. The van der Waals surface area contributed by atoms with E-state index in [0.29, 0.717) is 16.2 Å². The molecule has 0 aliphatic heterocycles. The van der Waals surface area contributed by atoms with Gasteiger partial charge in [0, 0.05) is 17.6 Å². The Balaban J connectivity index is 2.21. The number of aromatic nitrogens is 2. The molecule has 3 aromatic rings. The molecule has 0 spiro atoms. The van der Waals surface area contributed by atoms with E-state index in [9.17, 15) is 14.9 Å². The Hall–Kier alpha value is -2.74. The molecule has 2 heterocycles. The number of hydrogen-bond donors (Lipinski definition) is 1. The maximum Gasteiger partial charge on any atom is 0.353 e. The second-order valence-corrected chi connectivity index (χ2v) is 4.82. The summed E-state index contributed by atoms with van der Waals surface area (Å²) >= 11 is 1.17. The Morgan fingerprint density at radius 1 is 1.40 bits per heavy atom. The summed E-state index contributed by atoms with van der Waals surface area (Å²) < 4.78 is 1.42. The first-order valence-corrected chi connectivity index (χ1v) is 6.39. The molecule has 0 aliphatic carbocycles. The van der Waals surface area contributed by atoms with Crippen LogP contribution in [0.3, 0.4) is 0 Å². The number of carboxylic acids is 1. The van der Waals surface area contributed by atoms with Crippen molar-refractivity contribution < 1.29 is 14.8 Å². The Morgan fingerprint density at radius 3 is 2.85 bits per heavy atom. The van der Waals surface area contributed by atoms with Gasteiger partial charge in [-0.05, 0) is 6.07 Å². The lowest BCUT2D eigenvalue weighted by Gasteiger charge is -1.98. The van der Waals surface area contributed by atoms with E-state index in [1.165, 1.54) is 33.4 Å². The first-order chi connectivity index (χ1) is 9.58. The van der Waals surface area contributed by atoms with Crippen LogP contribution in [0.15, 0.2) is 35.8 Å². The van der Waals surface area contributed by atoms with Crippen LogP contribution in [0.2, 0.25) is 0 Å². The van der Waals surface area contributed by atoms with E-state index in [1.807, 2.05) is 0 Å². The van der Waals surface area contributed by atoms with Crippen molar-refractivity contribution in [1.29, 1.82) is 0 Å². The maximum absolute atomic E-state index is 11.0. The third-order valence-electron chi connectivity index (χ3n) is 2.80. The SMILES string of the molecule is O=C(O)c1csc2nc(-c3ccccc3[N+](=O)[O-])cn12. The number of carbonyl (C=O) groups is 1. The highest BCUT2D eigenvalue weighted by Crippen LogP contribution is 2.30. The minimum absolute atomic E-state index is 0.0601. The van der Waals surface area contributed by atoms with E-state index >= 15 is 0 Å². The molecule has 0 unspecified atom stereocenters. The Labute approximate surface area is 115 Å².